The molecule has 20 heavy (non-hydrogen) atoms. The minimum absolute atomic E-state index is 0.185. The molecule has 2 N–H and O–H groups in total. The summed E-state index contributed by atoms with van der Waals surface area (Å²) in [4.78, 5) is 11.9. The third-order valence-electron chi connectivity index (χ3n) is 2.97. The molecule has 106 valence electrons. The minimum Gasteiger partial charge on any atom is -0.391 e. The zero-order chi connectivity index (χ0) is 14.4. The third kappa shape index (κ3) is 3.64. The number of nitrogens with one attached hydrogen (secondary N) is 1. The molecule has 0 radical (unpaired) electrons. The molecule has 0 spiro atoms. The Morgan fingerprint density at radius 1 is 1.30 bits per heavy atom. The Balaban J connectivity index is 1.94. The van der Waals surface area contributed by atoms with Gasteiger partial charge in [0.1, 0.15) is 12.7 Å². The van der Waals surface area contributed by atoms with Crippen molar-refractivity contribution in [3.8, 4) is 5.69 Å². The summed E-state index contributed by atoms with van der Waals surface area (Å²) in [7, 11) is 0. The molecular weight excluding hydrogens is 256 g/mol. The molecule has 2 rings (SSSR count). The number of benzene rings is 1. The molecule has 0 saturated carbocycles. The predicted octanol–water partition coefficient (Wildman–Crippen LogP) is 1.16. The van der Waals surface area contributed by atoms with Gasteiger partial charge in [-0.1, -0.05) is 13.3 Å². The summed E-state index contributed by atoms with van der Waals surface area (Å²) in [6.45, 7) is 2.27. The zero-order valence-corrected chi connectivity index (χ0v) is 11.4. The molecule has 1 unspecified atom stereocenters. The summed E-state index contributed by atoms with van der Waals surface area (Å²) >= 11 is 0. The molecule has 1 amide bonds. The van der Waals surface area contributed by atoms with Crippen molar-refractivity contribution in [1.29, 1.82) is 0 Å². The van der Waals surface area contributed by atoms with Crippen LogP contribution in [0.25, 0.3) is 5.69 Å². The fraction of sp³-hybridized carbons (Fsp3) is 0.357. The van der Waals surface area contributed by atoms with E-state index in [1.807, 2.05) is 19.1 Å². The van der Waals surface area contributed by atoms with E-state index in [0.717, 1.165) is 12.1 Å². The topological polar surface area (TPSA) is 80.0 Å². The summed E-state index contributed by atoms with van der Waals surface area (Å²) in [5.41, 5.74) is 1.45. The number of hydrogen-bond donors (Lipinski definition) is 2. The Kier molecular flexibility index (Phi) is 4.84. The fourth-order valence-electron chi connectivity index (χ4n) is 1.87. The fourth-order valence-corrected chi connectivity index (χ4v) is 1.87. The predicted molar refractivity (Wildman–Crippen MR) is 74.6 cm³/mol. The van der Waals surface area contributed by atoms with Crippen LogP contribution < -0.4 is 5.32 Å². The first-order valence-electron chi connectivity index (χ1n) is 6.62. The highest BCUT2D eigenvalue weighted by Gasteiger charge is 2.08. The van der Waals surface area contributed by atoms with Crippen molar-refractivity contribution in [2.75, 3.05) is 6.54 Å². The van der Waals surface area contributed by atoms with Gasteiger partial charge in [0.05, 0.1) is 6.10 Å². The van der Waals surface area contributed by atoms with Crippen molar-refractivity contribution in [3.63, 3.8) is 0 Å². The average Bonchev–Trinajstić information content (AvgIpc) is 2.99. The summed E-state index contributed by atoms with van der Waals surface area (Å²) in [5.74, 6) is -0.185. The van der Waals surface area contributed by atoms with Gasteiger partial charge in [-0.15, -0.1) is 10.2 Å². The van der Waals surface area contributed by atoms with Crippen LogP contribution in [0.3, 0.4) is 0 Å². The largest absolute Gasteiger partial charge is 0.391 e. The second-order valence-electron chi connectivity index (χ2n) is 4.57. The molecule has 0 saturated heterocycles. The first kappa shape index (κ1) is 14.2. The molecule has 0 fully saturated rings. The number of amides is 1. The Labute approximate surface area is 117 Å². The maximum absolute atomic E-state index is 11.9. The average molecular weight is 274 g/mol. The second kappa shape index (κ2) is 6.81. The van der Waals surface area contributed by atoms with Gasteiger partial charge in [0, 0.05) is 17.8 Å². The number of rotatable bonds is 6. The van der Waals surface area contributed by atoms with E-state index in [-0.39, 0.29) is 12.5 Å². The Morgan fingerprint density at radius 3 is 2.55 bits per heavy atom. The van der Waals surface area contributed by atoms with Crippen molar-refractivity contribution < 1.29 is 9.90 Å². The number of aliphatic hydroxyl groups excluding tert-OH is 1. The smallest absolute Gasteiger partial charge is 0.251 e. The van der Waals surface area contributed by atoms with E-state index in [0.29, 0.717) is 12.0 Å². The highest BCUT2D eigenvalue weighted by Crippen LogP contribution is 2.08. The SMILES string of the molecule is CCCC(O)CNC(=O)c1ccc(-n2cnnc2)cc1. The first-order chi connectivity index (χ1) is 9.70. The highest BCUT2D eigenvalue weighted by molar-refractivity contribution is 5.94. The van der Waals surface area contributed by atoms with Crippen molar-refractivity contribution >= 4 is 5.91 Å². The molecule has 6 heteroatoms. The highest BCUT2D eigenvalue weighted by atomic mass is 16.3. The van der Waals surface area contributed by atoms with Crippen LogP contribution >= 0.6 is 0 Å². The van der Waals surface area contributed by atoms with E-state index in [2.05, 4.69) is 15.5 Å². The second-order valence-corrected chi connectivity index (χ2v) is 4.57. The molecule has 1 heterocycles. The Hall–Kier alpha value is -2.21. The maximum atomic E-state index is 11.9. The number of aliphatic hydroxyl groups is 1. The molecule has 0 bridgehead atoms. The lowest BCUT2D eigenvalue weighted by Gasteiger charge is -2.11. The van der Waals surface area contributed by atoms with E-state index in [1.54, 1.807) is 29.4 Å². The van der Waals surface area contributed by atoms with Gasteiger partial charge in [-0.25, -0.2) is 0 Å². The number of aromatic nitrogens is 3. The van der Waals surface area contributed by atoms with Gasteiger partial charge in [0.15, 0.2) is 0 Å². The van der Waals surface area contributed by atoms with Crippen LogP contribution in [-0.4, -0.2) is 38.4 Å². The number of carbonyl (C=O) groups is 1. The normalized spacial score (nSPS) is 12.1. The van der Waals surface area contributed by atoms with Crippen LogP contribution in [0.15, 0.2) is 36.9 Å². The quantitative estimate of drug-likeness (QED) is 0.828. The molecule has 1 atom stereocenters. The van der Waals surface area contributed by atoms with Gasteiger partial charge in [-0.3, -0.25) is 9.36 Å². The molecule has 0 aliphatic heterocycles. The number of carbonyl (C=O) groups excluding carboxylic acids is 1. The number of nitrogens with zero attached hydrogens (tertiary/aromatic N) is 3. The van der Waals surface area contributed by atoms with E-state index in [1.165, 1.54) is 0 Å². The Bertz CT molecular complexity index is 537. The van der Waals surface area contributed by atoms with E-state index in [4.69, 9.17) is 0 Å². The van der Waals surface area contributed by atoms with E-state index < -0.39 is 6.10 Å². The third-order valence-corrected chi connectivity index (χ3v) is 2.97. The van der Waals surface area contributed by atoms with Crippen LogP contribution in [0, 0.1) is 0 Å². The summed E-state index contributed by atoms with van der Waals surface area (Å²) < 4.78 is 1.76. The lowest BCUT2D eigenvalue weighted by Crippen LogP contribution is -2.31. The van der Waals surface area contributed by atoms with Crippen molar-refractivity contribution in [2.45, 2.75) is 25.9 Å². The molecule has 0 aliphatic rings. The van der Waals surface area contributed by atoms with Crippen LogP contribution in [0.5, 0.6) is 0 Å². The molecule has 2 aromatic rings. The van der Waals surface area contributed by atoms with Gasteiger partial charge in [0.2, 0.25) is 0 Å². The van der Waals surface area contributed by atoms with Gasteiger partial charge in [-0.05, 0) is 30.7 Å². The van der Waals surface area contributed by atoms with Crippen molar-refractivity contribution in [2.24, 2.45) is 0 Å². The van der Waals surface area contributed by atoms with Gasteiger partial charge in [0.25, 0.3) is 5.91 Å². The number of hydrogen-bond acceptors (Lipinski definition) is 4. The van der Waals surface area contributed by atoms with Gasteiger partial charge < -0.3 is 10.4 Å². The molecule has 0 aliphatic carbocycles. The van der Waals surface area contributed by atoms with Crippen LogP contribution in [0.4, 0.5) is 0 Å². The van der Waals surface area contributed by atoms with Crippen LogP contribution in [0.1, 0.15) is 30.1 Å². The summed E-state index contributed by atoms with van der Waals surface area (Å²) in [6, 6.07) is 7.11. The van der Waals surface area contributed by atoms with Crippen LogP contribution in [-0.2, 0) is 0 Å². The molecule has 6 nitrogen and oxygen atoms in total. The monoisotopic (exact) mass is 274 g/mol. The van der Waals surface area contributed by atoms with E-state index >= 15 is 0 Å². The summed E-state index contributed by atoms with van der Waals surface area (Å²) in [6.07, 6.45) is 4.28. The minimum atomic E-state index is -0.486. The lowest BCUT2D eigenvalue weighted by atomic mass is 10.1. The zero-order valence-electron chi connectivity index (χ0n) is 11.4. The molecular formula is C14H18N4O2. The van der Waals surface area contributed by atoms with Crippen molar-refractivity contribution in [3.05, 3.63) is 42.5 Å². The van der Waals surface area contributed by atoms with Crippen LogP contribution in [0.2, 0.25) is 0 Å². The van der Waals surface area contributed by atoms with Gasteiger partial charge in [-0.2, -0.15) is 0 Å². The first-order valence-corrected chi connectivity index (χ1v) is 6.62. The summed E-state index contributed by atoms with van der Waals surface area (Å²) in [5, 5.41) is 19.8. The standard InChI is InChI=1S/C14H18N4O2/c1-2-3-13(19)8-15-14(20)11-4-6-12(7-5-11)18-9-16-17-10-18/h4-7,9-10,13,19H,2-3,8H2,1H3,(H,15,20). The Morgan fingerprint density at radius 2 is 1.95 bits per heavy atom. The molecule has 1 aromatic heterocycles. The molecule has 1 aromatic carbocycles. The lowest BCUT2D eigenvalue weighted by molar-refractivity contribution is 0.0910. The van der Waals surface area contributed by atoms with Crippen molar-refractivity contribution in [1.82, 2.24) is 20.1 Å². The van der Waals surface area contributed by atoms with E-state index in [9.17, 15) is 9.90 Å². The maximum Gasteiger partial charge on any atom is 0.251 e. The van der Waals surface area contributed by atoms with Gasteiger partial charge >= 0.3 is 0 Å².